The summed E-state index contributed by atoms with van der Waals surface area (Å²) < 4.78 is 0. The lowest BCUT2D eigenvalue weighted by atomic mass is 10.0. The maximum Gasteiger partial charge on any atom is 0.219 e. The first kappa shape index (κ1) is 13.6. The number of aryl methyl sites for hydroxylation is 1. The van der Waals surface area contributed by atoms with Crippen LogP contribution in [0, 0.1) is 6.92 Å². The van der Waals surface area contributed by atoms with Crippen molar-refractivity contribution in [2.45, 2.75) is 45.1 Å². The lowest BCUT2D eigenvalue weighted by Crippen LogP contribution is -2.45. The monoisotopic (exact) mass is 276 g/mol. The summed E-state index contributed by atoms with van der Waals surface area (Å²) in [6.07, 6.45) is 5.34. The summed E-state index contributed by atoms with van der Waals surface area (Å²) in [5.74, 6) is 1.91. The molecular formula is C15H24N4O. The van der Waals surface area contributed by atoms with Crippen LogP contribution in [0.2, 0.25) is 0 Å². The highest BCUT2D eigenvalue weighted by atomic mass is 16.2. The van der Waals surface area contributed by atoms with E-state index < -0.39 is 0 Å². The highest BCUT2D eigenvalue weighted by Gasteiger charge is 2.32. The Morgan fingerprint density at radius 2 is 2.05 bits per heavy atom. The second kappa shape index (κ2) is 5.56. The summed E-state index contributed by atoms with van der Waals surface area (Å²) in [5.41, 5.74) is 1.15. The highest BCUT2D eigenvalue weighted by molar-refractivity contribution is 5.73. The van der Waals surface area contributed by atoms with Gasteiger partial charge in [-0.05, 0) is 32.7 Å². The third-order valence-corrected chi connectivity index (χ3v) is 4.76. The first-order valence-corrected chi connectivity index (χ1v) is 7.64. The second-order valence-corrected chi connectivity index (χ2v) is 6.17. The van der Waals surface area contributed by atoms with E-state index >= 15 is 0 Å². The van der Waals surface area contributed by atoms with Gasteiger partial charge in [-0.15, -0.1) is 0 Å². The number of imidazole rings is 1. The van der Waals surface area contributed by atoms with Gasteiger partial charge in [0.25, 0.3) is 0 Å². The number of carbonyl (C=O) groups is 1. The van der Waals surface area contributed by atoms with Gasteiger partial charge < -0.3 is 9.88 Å². The second-order valence-electron chi connectivity index (χ2n) is 6.17. The largest absolute Gasteiger partial charge is 0.346 e. The third-order valence-electron chi connectivity index (χ3n) is 4.76. The fourth-order valence-electron chi connectivity index (χ4n) is 3.53. The number of carbonyl (C=O) groups excluding carboxylic acids is 1. The van der Waals surface area contributed by atoms with Gasteiger partial charge >= 0.3 is 0 Å². The Morgan fingerprint density at radius 3 is 2.65 bits per heavy atom. The van der Waals surface area contributed by atoms with Crippen molar-refractivity contribution in [2.24, 2.45) is 0 Å². The van der Waals surface area contributed by atoms with E-state index in [9.17, 15) is 4.79 Å². The van der Waals surface area contributed by atoms with Crippen LogP contribution in [-0.2, 0) is 4.79 Å². The third kappa shape index (κ3) is 2.73. The minimum absolute atomic E-state index is 0.216. The van der Waals surface area contributed by atoms with Crippen molar-refractivity contribution in [3.8, 4) is 0 Å². The van der Waals surface area contributed by atoms with Gasteiger partial charge in [-0.2, -0.15) is 0 Å². The fourth-order valence-corrected chi connectivity index (χ4v) is 3.53. The molecule has 0 bridgehead atoms. The molecule has 5 heteroatoms. The molecular weight excluding hydrogens is 252 g/mol. The molecule has 1 amide bonds. The van der Waals surface area contributed by atoms with Gasteiger partial charge in [0.1, 0.15) is 5.82 Å². The molecule has 0 saturated carbocycles. The van der Waals surface area contributed by atoms with Crippen molar-refractivity contribution >= 4 is 5.91 Å². The van der Waals surface area contributed by atoms with Crippen molar-refractivity contribution in [1.29, 1.82) is 0 Å². The number of amides is 1. The molecule has 1 aromatic heterocycles. The van der Waals surface area contributed by atoms with Gasteiger partial charge in [-0.3, -0.25) is 9.69 Å². The van der Waals surface area contributed by atoms with Crippen LogP contribution in [0.5, 0.6) is 0 Å². The molecule has 0 radical (unpaired) electrons. The molecule has 0 aromatic carbocycles. The molecule has 20 heavy (non-hydrogen) atoms. The van der Waals surface area contributed by atoms with Crippen LogP contribution in [0.3, 0.4) is 0 Å². The zero-order valence-corrected chi connectivity index (χ0v) is 12.4. The Morgan fingerprint density at radius 1 is 1.30 bits per heavy atom. The Labute approximate surface area is 120 Å². The van der Waals surface area contributed by atoms with Gasteiger partial charge in [0.15, 0.2) is 0 Å². The Kier molecular flexibility index (Phi) is 3.78. The SMILES string of the molecule is CC(=O)N1CCC(N2CC[C@H](c3ncc(C)[nH]3)C2)CC1. The fraction of sp³-hybridized carbons (Fsp3) is 0.733. The van der Waals surface area contributed by atoms with Crippen molar-refractivity contribution in [3.05, 3.63) is 17.7 Å². The van der Waals surface area contributed by atoms with Gasteiger partial charge in [0.05, 0.1) is 0 Å². The molecule has 0 unspecified atom stereocenters. The van der Waals surface area contributed by atoms with Gasteiger partial charge in [-0.1, -0.05) is 0 Å². The molecule has 3 rings (SSSR count). The lowest BCUT2D eigenvalue weighted by molar-refractivity contribution is -0.130. The van der Waals surface area contributed by atoms with Crippen molar-refractivity contribution in [3.63, 3.8) is 0 Å². The van der Waals surface area contributed by atoms with E-state index in [2.05, 4.69) is 21.8 Å². The van der Waals surface area contributed by atoms with Crippen LogP contribution in [0.1, 0.15) is 43.6 Å². The minimum atomic E-state index is 0.216. The summed E-state index contributed by atoms with van der Waals surface area (Å²) in [6.45, 7) is 7.83. The van der Waals surface area contributed by atoms with Crippen molar-refractivity contribution in [2.75, 3.05) is 26.2 Å². The van der Waals surface area contributed by atoms with Crippen LogP contribution >= 0.6 is 0 Å². The first-order chi connectivity index (χ1) is 9.63. The number of hydrogen-bond acceptors (Lipinski definition) is 3. The quantitative estimate of drug-likeness (QED) is 0.891. The minimum Gasteiger partial charge on any atom is -0.346 e. The first-order valence-electron chi connectivity index (χ1n) is 7.64. The van der Waals surface area contributed by atoms with Crippen LogP contribution in [0.15, 0.2) is 6.20 Å². The average Bonchev–Trinajstić information content (AvgIpc) is 3.07. The number of nitrogens with zero attached hydrogens (tertiary/aromatic N) is 3. The summed E-state index contributed by atoms with van der Waals surface area (Å²) >= 11 is 0. The zero-order valence-electron chi connectivity index (χ0n) is 12.4. The van der Waals surface area contributed by atoms with Gasteiger partial charge in [0.2, 0.25) is 5.91 Å². The summed E-state index contributed by atoms with van der Waals surface area (Å²) in [5, 5.41) is 0. The smallest absolute Gasteiger partial charge is 0.219 e. The normalized spacial score (nSPS) is 25.3. The van der Waals surface area contributed by atoms with Gasteiger partial charge in [0, 0.05) is 50.4 Å². The Bertz CT molecular complexity index is 476. The maximum atomic E-state index is 11.4. The molecule has 0 aliphatic carbocycles. The molecule has 2 saturated heterocycles. The predicted octanol–water partition coefficient (Wildman–Crippen LogP) is 1.52. The zero-order chi connectivity index (χ0) is 14.1. The molecule has 3 heterocycles. The van der Waals surface area contributed by atoms with Crippen molar-refractivity contribution in [1.82, 2.24) is 19.8 Å². The standard InChI is InChI=1S/C15H24N4O/c1-11-9-16-15(17-11)13-3-6-19(10-13)14-4-7-18(8-5-14)12(2)20/h9,13-14H,3-8,10H2,1-2H3,(H,16,17)/t13-/m0/s1. The predicted molar refractivity (Wildman–Crippen MR) is 77.5 cm³/mol. The summed E-state index contributed by atoms with van der Waals surface area (Å²) in [4.78, 5) is 23.8. The number of hydrogen-bond donors (Lipinski definition) is 1. The summed E-state index contributed by atoms with van der Waals surface area (Å²) in [6, 6.07) is 0.645. The molecule has 1 aromatic rings. The van der Waals surface area contributed by atoms with E-state index in [0.717, 1.165) is 50.5 Å². The number of aromatic nitrogens is 2. The van der Waals surface area contributed by atoms with Crippen molar-refractivity contribution < 1.29 is 4.79 Å². The summed E-state index contributed by atoms with van der Waals surface area (Å²) in [7, 11) is 0. The number of rotatable bonds is 2. The molecule has 2 aliphatic rings. The van der Waals surface area contributed by atoms with Gasteiger partial charge in [-0.25, -0.2) is 4.98 Å². The van der Waals surface area contributed by atoms with Crippen LogP contribution < -0.4 is 0 Å². The molecule has 2 aliphatic heterocycles. The van der Waals surface area contributed by atoms with E-state index in [1.807, 2.05) is 11.1 Å². The average molecular weight is 276 g/mol. The topological polar surface area (TPSA) is 52.2 Å². The lowest BCUT2D eigenvalue weighted by Gasteiger charge is -2.36. The van der Waals surface area contributed by atoms with Crippen LogP contribution in [0.25, 0.3) is 0 Å². The van der Waals surface area contributed by atoms with Crippen LogP contribution in [0.4, 0.5) is 0 Å². The molecule has 110 valence electrons. The Balaban J connectivity index is 1.54. The molecule has 1 atom stereocenters. The number of aromatic amines is 1. The Hall–Kier alpha value is -1.36. The molecule has 2 fully saturated rings. The number of nitrogens with one attached hydrogen (secondary N) is 1. The van der Waals surface area contributed by atoms with E-state index in [1.54, 1.807) is 6.92 Å². The van der Waals surface area contributed by atoms with E-state index in [4.69, 9.17) is 0 Å². The maximum absolute atomic E-state index is 11.4. The van der Waals surface area contributed by atoms with E-state index in [1.165, 1.54) is 6.42 Å². The van der Waals surface area contributed by atoms with E-state index in [-0.39, 0.29) is 5.91 Å². The molecule has 1 N–H and O–H groups in total. The molecule has 0 spiro atoms. The number of piperidine rings is 1. The van der Waals surface area contributed by atoms with E-state index in [0.29, 0.717) is 12.0 Å². The number of H-pyrrole nitrogens is 1. The van der Waals surface area contributed by atoms with Crippen LogP contribution in [-0.4, -0.2) is 57.9 Å². The molecule has 5 nitrogen and oxygen atoms in total. The number of likely N-dealkylation sites (tertiary alicyclic amines) is 2. The highest BCUT2D eigenvalue weighted by Crippen LogP contribution is 2.29.